The molecule has 0 spiro atoms. The van der Waals surface area contributed by atoms with E-state index < -0.39 is 18.0 Å². The SMILES string of the molecule is Cc1ccc([C@@H]2[C@@H]3[C@H](C(F)(F)F)CC=C(c4ccccc4)[C@@H]3CCN2Cc2ccccc2)cc1. The van der Waals surface area contributed by atoms with Gasteiger partial charge in [0.1, 0.15) is 0 Å². The molecule has 176 valence electrons. The molecule has 2 aliphatic rings. The van der Waals surface area contributed by atoms with Crippen LogP contribution in [0, 0.1) is 24.7 Å². The second kappa shape index (κ2) is 9.42. The number of hydrogen-bond donors (Lipinski definition) is 0. The van der Waals surface area contributed by atoms with Gasteiger partial charge in [-0.05, 0) is 60.4 Å². The molecule has 5 rings (SSSR count). The van der Waals surface area contributed by atoms with Crippen molar-refractivity contribution in [2.45, 2.75) is 38.5 Å². The van der Waals surface area contributed by atoms with Crippen molar-refractivity contribution in [2.75, 3.05) is 6.54 Å². The maximum absolute atomic E-state index is 14.5. The fraction of sp³-hybridized carbons (Fsp3) is 0.333. The molecule has 1 nitrogen and oxygen atoms in total. The van der Waals surface area contributed by atoms with Crippen molar-refractivity contribution < 1.29 is 13.2 Å². The standard InChI is InChI=1S/C30H30F3N/c1-21-12-14-24(15-13-21)29-28-26(18-19-34(29)20-22-8-4-2-5-9-22)25(23-10-6-3-7-11-23)16-17-27(28)30(31,32)33/h2-16,26-29H,17-20H2,1H3/t26-,27+,28-,29+/m0/s1. The molecule has 34 heavy (non-hydrogen) atoms. The largest absolute Gasteiger partial charge is 0.392 e. The molecule has 0 saturated carbocycles. The lowest BCUT2D eigenvalue weighted by Crippen LogP contribution is -2.50. The molecule has 4 atom stereocenters. The number of fused-ring (bicyclic) bond motifs is 1. The third-order valence-corrected chi connectivity index (χ3v) is 7.58. The number of alkyl halides is 3. The highest BCUT2D eigenvalue weighted by Crippen LogP contribution is 2.56. The molecule has 1 heterocycles. The first-order valence-corrected chi connectivity index (χ1v) is 12.1. The zero-order valence-electron chi connectivity index (χ0n) is 19.4. The molecular weight excluding hydrogens is 431 g/mol. The Hall–Kier alpha value is -2.85. The minimum atomic E-state index is -4.24. The minimum absolute atomic E-state index is 0.0381. The summed E-state index contributed by atoms with van der Waals surface area (Å²) in [5.41, 5.74) is 5.38. The molecule has 0 radical (unpaired) electrons. The molecule has 3 aromatic carbocycles. The second-order valence-electron chi connectivity index (χ2n) is 9.69. The fourth-order valence-corrected chi connectivity index (χ4v) is 6.03. The van der Waals surface area contributed by atoms with E-state index in [1.165, 1.54) is 0 Å². The van der Waals surface area contributed by atoms with Crippen molar-refractivity contribution in [1.82, 2.24) is 4.90 Å². The van der Waals surface area contributed by atoms with Gasteiger partial charge in [-0.25, -0.2) is 0 Å². The van der Waals surface area contributed by atoms with E-state index >= 15 is 0 Å². The zero-order chi connectivity index (χ0) is 23.7. The third kappa shape index (κ3) is 4.56. The summed E-state index contributed by atoms with van der Waals surface area (Å²) in [6.07, 6.45) is -1.60. The van der Waals surface area contributed by atoms with Crippen molar-refractivity contribution >= 4 is 5.57 Å². The summed E-state index contributed by atoms with van der Waals surface area (Å²) in [5.74, 6) is -2.00. The van der Waals surface area contributed by atoms with Gasteiger partial charge in [-0.15, -0.1) is 0 Å². The lowest BCUT2D eigenvalue weighted by Gasteiger charge is -2.51. The summed E-state index contributed by atoms with van der Waals surface area (Å²) in [6.45, 7) is 3.44. The first-order chi connectivity index (χ1) is 16.4. The molecule has 0 amide bonds. The van der Waals surface area contributed by atoms with Crippen LogP contribution in [0.5, 0.6) is 0 Å². The van der Waals surface area contributed by atoms with Crippen LogP contribution in [-0.2, 0) is 6.54 Å². The van der Waals surface area contributed by atoms with Gasteiger partial charge < -0.3 is 0 Å². The minimum Gasteiger partial charge on any atom is -0.292 e. The van der Waals surface area contributed by atoms with Crippen LogP contribution in [0.2, 0.25) is 0 Å². The maximum Gasteiger partial charge on any atom is 0.392 e. The molecule has 0 unspecified atom stereocenters. The first-order valence-electron chi connectivity index (χ1n) is 12.1. The Morgan fingerprint density at radius 1 is 0.853 bits per heavy atom. The third-order valence-electron chi connectivity index (χ3n) is 7.58. The van der Waals surface area contributed by atoms with E-state index in [-0.39, 0.29) is 18.4 Å². The van der Waals surface area contributed by atoms with E-state index in [0.29, 0.717) is 6.54 Å². The number of halogens is 3. The highest BCUT2D eigenvalue weighted by molar-refractivity contribution is 5.69. The molecule has 1 fully saturated rings. The molecule has 1 aliphatic carbocycles. The van der Waals surface area contributed by atoms with Crippen LogP contribution in [0.1, 0.15) is 41.1 Å². The zero-order valence-corrected chi connectivity index (χ0v) is 19.4. The summed E-state index contributed by atoms with van der Waals surface area (Å²) < 4.78 is 43.5. The highest BCUT2D eigenvalue weighted by Gasteiger charge is 2.54. The number of piperidine rings is 1. The van der Waals surface area contributed by atoms with Crippen LogP contribution in [0.25, 0.3) is 5.57 Å². The van der Waals surface area contributed by atoms with Crippen LogP contribution in [-0.4, -0.2) is 17.6 Å². The van der Waals surface area contributed by atoms with Crippen molar-refractivity contribution in [3.63, 3.8) is 0 Å². The molecular formula is C30H30F3N. The normalized spacial score (nSPS) is 25.5. The fourth-order valence-electron chi connectivity index (χ4n) is 6.03. The van der Waals surface area contributed by atoms with Crippen molar-refractivity contribution in [3.8, 4) is 0 Å². The van der Waals surface area contributed by atoms with Gasteiger partial charge in [0.25, 0.3) is 0 Å². The number of nitrogens with zero attached hydrogens (tertiary/aromatic N) is 1. The van der Waals surface area contributed by atoms with Crippen molar-refractivity contribution in [1.29, 1.82) is 0 Å². The van der Waals surface area contributed by atoms with E-state index in [0.717, 1.165) is 40.8 Å². The smallest absolute Gasteiger partial charge is 0.292 e. The van der Waals surface area contributed by atoms with Gasteiger partial charge in [-0.2, -0.15) is 13.2 Å². The lowest BCUT2D eigenvalue weighted by atomic mass is 9.62. The van der Waals surface area contributed by atoms with E-state index in [2.05, 4.69) is 17.0 Å². The van der Waals surface area contributed by atoms with Gasteiger partial charge >= 0.3 is 6.18 Å². The summed E-state index contributed by atoms with van der Waals surface area (Å²) in [5, 5.41) is 0. The molecule has 4 heteroatoms. The Bertz CT molecular complexity index is 1120. The molecule has 3 aromatic rings. The Morgan fingerprint density at radius 3 is 2.15 bits per heavy atom. The topological polar surface area (TPSA) is 3.24 Å². The number of likely N-dealkylation sites (tertiary alicyclic amines) is 1. The molecule has 1 aliphatic heterocycles. The quantitative estimate of drug-likeness (QED) is 0.382. The number of allylic oxidation sites excluding steroid dienone is 2. The van der Waals surface area contributed by atoms with Gasteiger partial charge in [0.2, 0.25) is 0 Å². The number of benzene rings is 3. The monoisotopic (exact) mass is 461 g/mol. The summed E-state index contributed by atoms with van der Waals surface area (Å²) >= 11 is 0. The van der Waals surface area contributed by atoms with E-state index in [4.69, 9.17) is 0 Å². The van der Waals surface area contributed by atoms with Crippen LogP contribution < -0.4 is 0 Å². The first kappa shape index (κ1) is 22.9. The number of hydrogen-bond acceptors (Lipinski definition) is 1. The highest BCUT2D eigenvalue weighted by atomic mass is 19.4. The van der Waals surface area contributed by atoms with Gasteiger partial charge in [-0.3, -0.25) is 4.90 Å². The van der Waals surface area contributed by atoms with Crippen LogP contribution in [0.4, 0.5) is 13.2 Å². The summed E-state index contributed by atoms with van der Waals surface area (Å²) in [7, 11) is 0. The van der Waals surface area contributed by atoms with Crippen LogP contribution in [0.3, 0.4) is 0 Å². The van der Waals surface area contributed by atoms with E-state index in [9.17, 15) is 13.2 Å². The number of rotatable bonds is 4. The van der Waals surface area contributed by atoms with Gasteiger partial charge in [0, 0.05) is 12.6 Å². The number of aryl methyl sites for hydroxylation is 1. The molecule has 0 bridgehead atoms. The van der Waals surface area contributed by atoms with E-state index in [1.807, 2.05) is 85.8 Å². The van der Waals surface area contributed by atoms with Gasteiger partial charge in [0.15, 0.2) is 0 Å². The van der Waals surface area contributed by atoms with Crippen molar-refractivity contribution in [3.05, 3.63) is 113 Å². The Kier molecular flexibility index (Phi) is 6.35. The predicted molar refractivity (Wildman–Crippen MR) is 131 cm³/mol. The molecule has 0 aromatic heterocycles. The Labute approximate surface area is 199 Å². The van der Waals surface area contributed by atoms with E-state index in [1.54, 1.807) is 0 Å². The average Bonchev–Trinajstić information content (AvgIpc) is 2.84. The van der Waals surface area contributed by atoms with Gasteiger partial charge in [0.05, 0.1) is 5.92 Å². The van der Waals surface area contributed by atoms with Crippen molar-refractivity contribution in [2.24, 2.45) is 17.8 Å². The predicted octanol–water partition coefficient (Wildman–Crippen LogP) is 7.84. The van der Waals surface area contributed by atoms with Crippen LogP contribution >= 0.6 is 0 Å². The average molecular weight is 462 g/mol. The summed E-state index contributed by atoms with van der Waals surface area (Å²) in [6, 6.07) is 27.9. The van der Waals surface area contributed by atoms with Gasteiger partial charge in [-0.1, -0.05) is 96.6 Å². The Balaban J connectivity index is 1.60. The lowest BCUT2D eigenvalue weighted by molar-refractivity contribution is -0.205. The Morgan fingerprint density at radius 2 is 1.50 bits per heavy atom. The second-order valence-corrected chi connectivity index (χ2v) is 9.69. The molecule has 0 N–H and O–H groups in total. The summed E-state index contributed by atoms with van der Waals surface area (Å²) in [4.78, 5) is 2.29. The maximum atomic E-state index is 14.5. The molecule has 1 saturated heterocycles. The van der Waals surface area contributed by atoms with Crippen LogP contribution in [0.15, 0.2) is 91.0 Å².